The average Bonchev–Trinajstić information content (AvgIpc) is 2.68. The zero-order valence-electron chi connectivity index (χ0n) is 16.7. The van der Waals surface area contributed by atoms with Crippen LogP contribution in [0.4, 0.5) is 10.6 Å². The van der Waals surface area contributed by atoms with E-state index in [1.807, 2.05) is 25.7 Å². The van der Waals surface area contributed by atoms with Crippen molar-refractivity contribution in [3.63, 3.8) is 0 Å². The van der Waals surface area contributed by atoms with Gasteiger partial charge in [-0.3, -0.25) is 4.79 Å². The number of nitrogens with one attached hydrogen (secondary N) is 2. The number of anilines is 1. The molecule has 1 aromatic heterocycles. The number of carbonyl (C=O) groups excluding carboxylic acids is 2. The highest BCUT2D eigenvalue weighted by molar-refractivity contribution is 7.99. The van der Waals surface area contributed by atoms with Crippen LogP contribution in [0.1, 0.15) is 27.2 Å². The minimum Gasteiger partial charge on any atom is -0.355 e. The summed E-state index contributed by atoms with van der Waals surface area (Å²) in [4.78, 5) is 36.6. The Morgan fingerprint density at radius 1 is 1.21 bits per heavy atom. The number of rotatable bonds is 8. The number of amides is 3. The summed E-state index contributed by atoms with van der Waals surface area (Å²) < 4.78 is 0. The quantitative estimate of drug-likeness (QED) is 0.375. The van der Waals surface area contributed by atoms with Gasteiger partial charge in [-0.15, -0.1) is 0 Å². The van der Waals surface area contributed by atoms with Gasteiger partial charge in [0.15, 0.2) is 5.16 Å². The van der Waals surface area contributed by atoms with Gasteiger partial charge in [0.05, 0.1) is 5.75 Å². The number of carbonyl (C=O) groups is 2. The molecule has 1 fully saturated rings. The maximum atomic E-state index is 12.1. The normalized spacial score (nSPS) is 14.3. The smallest absolute Gasteiger partial charge is 0.317 e. The zero-order chi connectivity index (χ0) is 20.5. The third-order valence-electron chi connectivity index (χ3n) is 4.12. The third-order valence-corrected chi connectivity index (χ3v) is 5.16. The molecule has 1 aliphatic heterocycles. The molecule has 1 aliphatic rings. The van der Waals surface area contributed by atoms with Crippen LogP contribution in [0.15, 0.2) is 11.2 Å². The van der Waals surface area contributed by atoms with Crippen molar-refractivity contribution in [1.82, 2.24) is 25.5 Å². The largest absolute Gasteiger partial charge is 0.355 e. The fourth-order valence-corrected chi connectivity index (χ4v) is 3.50. The van der Waals surface area contributed by atoms with Gasteiger partial charge in [0.2, 0.25) is 5.91 Å². The SMILES string of the molecule is CCCNC(=O)N1CCN(c2cc(Cl)nc(SCC(=O)NCC(C)C)n2)CC1. The minimum absolute atomic E-state index is 0.0223. The number of aromatic nitrogens is 2. The number of piperazine rings is 1. The summed E-state index contributed by atoms with van der Waals surface area (Å²) in [6.07, 6.45) is 0.918. The number of urea groups is 1. The second-order valence-corrected chi connectivity index (χ2v) is 8.35. The van der Waals surface area contributed by atoms with Crippen molar-refractivity contribution in [2.75, 3.05) is 49.9 Å². The van der Waals surface area contributed by atoms with E-state index in [0.717, 1.165) is 12.2 Å². The fourth-order valence-electron chi connectivity index (χ4n) is 2.59. The van der Waals surface area contributed by atoms with Gasteiger partial charge in [0, 0.05) is 45.3 Å². The first-order valence-electron chi connectivity index (χ1n) is 9.60. The molecule has 1 saturated heterocycles. The van der Waals surface area contributed by atoms with Crippen molar-refractivity contribution in [2.24, 2.45) is 5.92 Å². The van der Waals surface area contributed by atoms with Crippen LogP contribution in [0.25, 0.3) is 0 Å². The number of halogens is 1. The van der Waals surface area contributed by atoms with Crippen LogP contribution in [-0.4, -0.2) is 71.8 Å². The third kappa shape index (κ3) is 7.35. The first-order chi connectivity index (χ1) is 13.4. The van der Waals surface area contributed by atoms with Crippen LogP contribution >= 0.6 is 23.4 Å². The maximum Gasteiger partial charge on any atom is 0.317 e. The monoisotopic (exact) mass is 428 g/mol. The summed E-state index contributed by atoms with van der Waals surface area (Å²) in [7, 11) is 0. The standard InChI is InChI=1S/C18H29ClN6O2S/c1-4-5-20-18(27)25-8-6-24(7-9-25)15-10-14(19)22-17(23-15)28-12-16(26)21-11-13(2)3/h10,13H,4-9,11-12H2,1-3H3,(H,20,27)(H,21,26). The van der Waals surface area contributed by atoms with E-state index in [-0.39, 0.29) is 17.7 Å². The van der Waals surface area contributed by atoms with Crippen LogP contribution in [-0.2, 0) is 4.79 Å². The minimum atomic E-state index is -0.0458. The molecule has 0 atom stereocenters. The number of thioether (sulfide) groups is 1. The van der Waals surface area contributed by atoms with E-state index in [4.69, 9.17) is 11.6 Å². The Morgan fingerprint density at radius 3 is 2.57 bits per heavy atom. The molecular formula is C18H29ClN6O2S. The summed E-state index contributed by atoms with van der Waals surface area (Å²) in [5.41, 5.74) is 0. The van der Waals surface area contributed by atoms with E-state index >= 15 is 0 Å². The van der Waals surface area contributed by atoms with Gasteiger partial charge in [-0.2, -0.15) is 0 Å². The average molecular weight is 429 g/mol. The summed E-state index contributed by atoms with van der Waals surface area (Å²) in [6, 6.07) is 1.70. The Hall–Kier alpha value is -1.74. The van der Waals surface area contributed by atoms with Crippen LogP contribution in [0.2, 0.25) is 5.15 Å². The lowest BCUT2D eigenvalue weighted by Crippen LogP contribution is -2.52. The maximum absolute atomic E-state index is 12.1. The Kier molecular flexibility index (Phi) is 9.11. The Balaban J connectivity index is 1.89. The molecule has 2 N–H and O–H groups in total. The van der Waals surface area contributed by atoms with E-state index in [1.165, 1.54) is 11.8 Å². The summed E-state index contributed by atoms with van der Waals surface area (Å²) in [6.45, 7) is 10.1. The van der Waals surface area contributed by atoms with Crippen molar-refractivity contribution in [3.8, 4) is 0 Å². The molecule has 2 heterocycles. The second-order valence-electron chi connectivity index (χ2n) is 7.02. The topological polar surface area (TPSA) is 90.5 Å². The molecule has 0 radical (unpaired) electrons. The Bertz CT molecular complexity index is 667. The molecule has 0 saturated carbocycles. The van der Waals surface area contributed by atoms with E-state index < -0.39 is 0 Å². The molecule has 10 heteroatoms. The van der Waals surface area contributed by atoms with E-state index in [1.54, 1.807) is 6.07 Å². The molecule has 0 aromatic carbocycles. The summed E-state index contributed by atoms with van der Waals surface area (Å²) >= 11 is 7.42. The highest BCUT2D eigenvalue weighted by Gasteiger charge is 2.22. The molecule has 3 amide bonds. The zero-order valence-corrected chi connectivity index (χ0v) is 18.3. The van der Waals surface area contributed by atoms with Crippen LogP contribution in [0, 0.1) is 5.92 Å². The van der Waals surface area contributed by atoms with E-state index in [2.05, 4.69) is 25.5 Å². The Labute approximate surface area is 175 Å². The predicted molar refractivity (Wildman–Crippen MR) is 113 cm³/mol. The van der Waals surface area contributed by atoms with Crippen molar-refractivity contribution < 1.29 is 9.59 Å². The first-order valence-corrected chi connectivity index (χ1v) is 11.0. The molecule has 0 unspecified atom stereocenters. The number of hydrogen-bond acceptors (Lipinski definition) is 6. The lowest BCUT2D eigenvalue weighted by atomic mass is 10.2. The molecule has 1 aromatic rings. The second kappa shape index (κ2) is 11.3. The molecule has 8 nitrogen and oxygen atoms in total. The molecule has 28 heavy (non-hydrogen) atoms. The highest BCUT2D eigenvalue weighted by Crippen LogP contribution is 2.22. The van der Waals surface area contributed by atoms with Crippen molar-refractivity contribution in [2.45, 2.75) is 32.3 Å². The van der Waals surface area contributed by atoms with Gasteiger partial charge in [-0.05, 0) is 12.3 Å². The lowest BCUT2D eigenvalue weighted by molar-refractivity contribution is -0.118. The van der Waals surface area contributed by atoms with Crippen molar-refractivity contribution in [1.29, 1.82) is 0 Å². The number of hydrogen-bond donors (Lipinski definition) is 2. The predicted octanol–water partition coefficient (Wildman–Crippen LogP) is 2.24. The van der Waals surface area contributed by atoms with Crippen LogP contribution < -0.4 is 15.5 Å². The van der Waals surface area contributed by atoms with E-state index in [0.29, 0.717) is 55.5 Å². The summed E-state index contributed by atoms with van der Waals surface area (Å²) in [5, 5.41) is 6.60. The van der Waals surface area contributed by atoms with Crippen molar-refractivity contribution >= 4 is 41.1 Å². The van der Waals surface area contributed by atoms with Crippen molar-refractivity contribution in [3.05, 3.63) is 11.2 Å². The van der Waals surface area contributed by atoms with Crippen LogP contribution in [0.3, 0.4) is 0 Å². The van der Waals surface area contributed by atoms with Gasteiger partial charge in [-0.1, -0.05) is 44.1 Å². The van der Waals surface area contributed by atoms with Gasteiger partial charge in [0.25, 0.3) is 0 Å². The molecule has 0 aliphatic carbocycles. The molecule has 0 spiro atoms. The van der Waals surface area contributed by atoms with Gasteiger partial charge in [-0.25, -0.2) is 14.8 Å². The Morgan fingerprint density at radius 2 is 1.93 bits per heavy atom. The molecule has 0 bridgehead atoms. The fraction of sp³-hybridized carbons (Fsp3) is 0.667. The molecule has 156 valence electrons. The highest BCUT2D eigenvalue weighted by atomic mass is 35.5. The van der Waals surface area contributed by atoms with E-state index in [9.17, 15) is 9.59 Å². The molecule has 2 rings (SSSR count). The van der Waals surface area contributed by atoms with Crippen LogP contribution in [0.5, 0.6) is 0 Å². The molecular weight excluding hydrogens is 400 g/mol. The van der Waals surface area contributed by atoms with Gasteiger partial charge in [0.1, 0.15) is 11.0 Å². The first kappa shape index (κ1) is 22.5. The summed E-state index contributed by atoms with van der Waals surface area (Å²) in [5.74, 6) is 1.33. The number of nitrogens with zero attached hydrogens (tertiary/aromatic N) is 4. The van der Waals surface area contributed by atoms with Gasteiger partial charge < -0.3 is 20.4 Å². The van der Waals surface area contributed by atoms with Gasteiger partial charge >= 0.3 is 6.03 Å². The lowest BCUT2D eigenvalue weighted by Gasteiger charge is -2.35.